The summed E-state index contributed by atoms with van der Waals surface area (Å²) in [5, 5.41) is 3.88. The quantitative estimate of drug-likeness (QED) is 0.892. The van der Waals surface area contributed by atoms with E-state index < -0.39 is 0 Å². The molecule has 8 heteroatoms. The highest BCUT2D eigenvalue weighted by Gasteiger charge is 2.22. The number of piperazine rings is 1. The molecular formula is C13H24Cl2N4O2. The highest BCUT2D eigenvalue weighted by molar-refractivity contribution is 5.85. The van der Waals surface area contributed by atoms with Crippen LogP contribution in [0.1, 0.15) is 24.8 Å². The lowest BCUT2D eigenvalue weighted by molar-refractivity contribution is -0.133. The molecule has 1 aliphatic heterocycles. The molecule has 1 unspecified atom stereocenters. The molecule has 1 fully saturated rings. The maximum absolute atomic E-state index is 11.9. The van der Waals surface area contributed by atoms with Crippen LogP contribution in [0.4, 0.5) is 0 Å². The van der Waals surface area contributed by atoms with Crippen molar-refractivity contribution in [3.63, 3.8) is 0 Å². The largest absolute Gasteiger partial charge is 0.360 e. The Morgan fingerprint density at radius 3 is 2.48 bits per heavy atom. The molecular weight excluding hydrogens is 315 g/mol. The zero-order chi connectivity index (χ0) is 13.8. The highest BCUT2D eigenvalue weighted by Crippen LogP contribution is 2.10. The second-order valence-electron chi connectivity index (χ2n) is 5.27. The number of nitrogens with zero attached hydrogens (tertiary/aromatic N) is 3. The Morgan fingerprint density at radius 1 is 1.38 bits per heavy atom. The summed E-state index contributed by atoms with van der Waals surface area (Å²) in [5.41, 5.74) is 6.56. The van der Waals surface area contributed by atoms with E-state index in [-0.39, 0.29) is 36.8 Å². The number of carbonyl (C=O) groups is 1. The van der Waals surface area contributed by atoms with Crippen molar-refractivity contribution in [1.29, 1.82) is 0 Å². The van der Waals surface area contributed by atoms with Crippen LogP contribution in [0.15, 0.2) is 10.6 Å². The van der Waals surface area contributed by atoms with Crippen molar-refractivity contribution in [3.05, 3.63) is 17.5 Å². The summed E-state index contributed by atoms with van der Waals surface area (Å²) in [7, 11) is 0. The molecule has 1 aromatic heterocycles. The number of halogens is 2. The van der Waals surface area contributed by atoms with Gasteiger partial charge in [-0.05, 0) is 13.8 Å². The fourth-order valence-electron chi connectivity index (χ4n) is 2.27. The molecule has 1 aromatic rings. The molecule has 6 nitrogen and oxygen atoms in total. The number of aromatic nitrogens is 1. The van der Waals surface area contributed by atoms with Crippen molar-refractivity contribution in [1.82, 2.24) is 15.0 Å². The molecule has 21 heavy (non-hydrogen) atoms. The molecule has 1 saturated heterocycles. The Balaban J connectivity index is 0.00000200. The van der Waals surface area contributed by atoms with Crippen molar-refractivity contribution in [2.24, 2.45) is 5.73 Å². The van der Waals surface area contributed by atoms with E-state index in [0.29, 0.717) is 6.42 Å². The molecule has 0 spiro atoms. The van der Waals surface area contributed by atoms with Gasteiger partial charge in [-0.25, -0.2) is 0 Å². The number of aryl methyl sites for hydroxylation is 1. The summed E-state index contributed by atoms with van der Waals surface area (Å²) in [5.74, 6) is 1.04. The summed E-state index contributed by atoms with van der Waals surface area (Å²) in [6.07, 6.45) is 0.432. The zero-order valence-corrected chi connectivity index (χ0v) is 14.1. The van der Waals surface area contributed by atoms with Gasteiger partial charge >= 0.3 is 0 Å². The van der Waals surface area contributed by atoms with Crippen molar-refractivity contribution in [3.8, 4) is 0 Å². The Morgan fingerprint density at radius 2 is 2.00 bits per heavy atom. The van der Waals surface area contributed by atoms with E-state index in [0.717, 1.165) is 44.2 Å². The van der Waals surface area contributed by atoms with Gasteiger partial charge in [0.05, 0.1) is 12.2 Å². The monoisotopic (exact) mass is 338 g/mol. The molecule has 0 bridgehead atoms. The number of amides is 1. The van der Waals surface area contributed by atoms with Gasteiger partial charge in [0, 0.05) is 44.7 Å². The van der Waals surface area contributed by atoms with Gasteiger partial charge in [0.1, 0.15) is 0 Å². The van der Waals surface area contributed by atoms with E-state index >= 15 is 0 Å². The van der Waals surface area contributed by atoms with Gasteiger partial charge < -0.3 is 15.2 Å². The minimum atomic E-state index is -0.0669. The van der Waals surface area contributed by atoms with E-state index in [1.165, 1.54) is 0 Å². The maximum atomic E-state index is 11.9. The van der Waals surface area contributed by atoms with Gasteiger partial charge in [0.25, 0.3) is 0 Å². The first-order chi connectivity index (χ1) is 9.04. The molecule has 0 saturated carbocycles. The van der Waals surface area contributed by atoms with Gasteiger partial charge in [-0.1, -0.05) is 5.16 Å². The van der Waals surface area contributed by atoms with Gasteiger partial charge in [0.15, 0.2) is 5.76 Å². The summed E-state index contributed by atoms with van der Waals surface area (Å²) in [6, 6.07) is 1.89. The maximum Gasteiger partial charge on any atom is 0.224 e. The SMILES string of the molecule is Cc1cc(CN2CCN(C(=O)CC(C)N)CC2)on1.Cl.Cl. The van der Waals surface area contributed by atoms with Crippen LogP contribution in [0.5, 0.6) is 0 Å². The second kappa shape index (κ2) is 9.25. The topological polar surface area (TPSA) is 75.6 Å². The summed E-state index contributed by atoms with van der Waals surface area (Å²) in [4.78, 5) is 16.0. The van der Waals surface area contributed by atoms with Crippen LogP contribution in [0.25, 0.3) is 0 Å². The van der Waals surface area contributed by atoms with Crippen molar-refractivity contribution < 1.29 is 9.32 Å². The lowest BCUT2D eigenvalue weighted by Gasteiger charge is -2.34. The third kappa shape index (κ3) is 6.22. The normalized spacial score (nSPS) is 16.8. The van der Waals surface area contributed by atoms with Gasteiger partial charge in [-0.2, -0.15) is 0 Å². The molecule has 2 heterocycles. The average molecular weight is 339 g/mol. The lowest BCUT2D eigenvalue weighted by Crippen LogP contribution is -2.49. The predicted molar refractivity (Wildman–Crippen MR) is 85.9 cm³/mol. The van der Waals surface area contributed by atoms with E-state index in [9.17, 15) is 4.79 Å². The zero-order valence-electron chi connectivity index (χ0n) is 12.4. The number of carbonyl (C=O) groups excluding carboxylic acids is 1. The first-order valence-corrected chi connectivity index (χ1v) is 6.72. The fraction of sp³-hybridized carbons (Fsp3) is 0.692. The van der Waals surface area contributed by atoms with Crippen molar-refractivity contribution in [2.75, 3.05) is 26.2 Å². The van der Waals surface area contributed by atoms with Crippen LogP contribution in [0, 0.1) is 6.92 Å². The van der Waals surface area contributed by atoms with E-state index in [1.54, 1.807) is 0 Å². The average Bonchev–Trinajstić information content (AvgIpc) is 2.75. The van der Waals surface area contributed by atoms with Crippen molar-refractivity contribution in [2.45, 2.75) is 32.9 Å². The first-order valence-electron chi connectivity index (χ1n) is 6.72. The van der Waals surface area contributed by atoms with Gasteiger partial charge in [-0.15, -0.1) is 24.8 Å². The molecule has 1 atom stereocenters. The highest BCUT2D eigenvalue weighted by atomic mass is 35.5. The van der Waals surface area contributed by atoms with Gasteiger partial charge in [-0.3, -0.25) is 9.69 Å². The lowest BCUT2D eigenvalue weighted by atomic mass is 10.2. The molecule has 0 aromatic carbocycles. The van der Waals surface area contributed by atoms with Crippen LogP contribution in [0.2, 0.25) is 0 Å². The van der Waals surface area contributed by atoms with E-state index in [4.69, 9.17) is 10.3 Å². The third-order valence-corrected chi connectivity index (χ3v) is 3.28. The van der Waals surface area contributed by atoms with Crippen LogP contribution >= 0.6 is 24.8 Å². The number of rotatable bonds is 4. The molecule has 1 aliphatic rings. The number of hydrogen-bond acceptors (Lipinski definition) is 5. The Bertz CT molecular complexity index is 432. The molecule has 1 amide bonds. The van der Waals surface area contributed by atoms with Crippen molar-refractivity contribution >= 4 is 30.7 Å². The molecule has 0 radical (unpaired) electrons. The summed E-state index contributed by atoms with van der Waals surface area (Å²) < 4.78 is 5.21. The summed E-state index contributed by atoms with van der Waals surface area (Å²) >= 11 is 0. The molecule has 2 N–H and O–H groups in total. The first kappa shape index (κ1) is 20.2. The van der Waals surface area contributed by atoms with E-state index in [1.807, 2.05) is 24.8 Å². The number of hydrogen-bond donors (Lipinski definition) is 1. The minimum absolute atomic E-state index is 0. The van der Waals surface area contributed by atoms with Crippen LogP contribution < -0.4 is 5.73 Å². The Labute approximate surface area is 137 Å². The van der Waals surface area contributed by atoms with Crippen LogP contribution in [-0.2, 0) is 11.3 Å². The molecule has 0 aliphatic carbocycles. The van der Waals surface area contributed by atoms with Gasteiger partial charge in [0.2, 0.25) is 5.91 Å². The fourth-order valence-corrected chi connectivity index (χ4v) is 2.27. The predicted octanol–water partition coefficient (Wildman–Crippen LogP) is 1.21. The minimum Gasteiger partial charge on any atom is -0.360 e. The Hall–Kier alpha value is -0.820. The van der Waals surface area contributed by atoms with E-state index in [2.05, 4.69) is 10.1 Å². The Kier molecular flexibility index (Phi) is 8.89. The summed E-state index contributed by atoms with van der Waals surface area (Å²) in [6.45, 7) is 7.79. The number of nitrogens with two attached hydrogens (primary N) is 1. The van der Waals surface area contributed by atoms with Crippen LogP contribution in [-0.4, -0.2) is 53.1 Å². The molecule has 2 rings (SSSR count). The molecule has 122 valence electrons. The third-order valence-electron chi connectivity index (χ3n) is 3.28. The van der Waals surface area contributed by atoms with Crippen LogP contribution in [0.3, 0.4) is 0 Å². The smallest absolute Gasteiger partial charge is 0.224 e. The second-order valence-corrected chi connectivity index (χ2v) is 5.27. The standard InChI is InChI=1S/C13H22N4O2.2ClH/c1-10(14)7-13(18)17-5-3-16(4-6-17)9-12-8-11(2)15-19-12;;/h8,10H,3-7,9,14H2,1-2H3;2*1H.